The maximum absolute atomic E-state index is 13.1. The molecule has 1 atom stereocenters. The average Bonchev–Trinajstić information content (AvgIpc) is 3.23. The van der Waals surface area contributed by atoms with Gasteiger partial charge in [-0.3, -0.25) is 4.79 Å². The van der Waals surface area contributed by atoms with Gasteiger partial charge in [-0.15, -0.1) is 11.3 Å². The minimum absolute atomic E-state index is 0.0525. The lowest BCUT2D eigenvalue weighted by Gasteiger charge is -2.20. The van der Waals surface area contributed by atoms with E-state index in [1.807, 2.05) is 17.5 Å². The van der Waals surface area contributed by atoms with Gasteiger partial charge in [-0.2, -0.15) is 0 Å². The predicted molar refractivity (Wildman–Crippen MR) is 90.4 cm³/mol. The normalized spacial score (nSPS) is 16.6. The van der Waals surface area contributed by atoms with E-state index in [2.05, 4.69) is 5.32 Å². The second-order valence-corrected chi connectivity index (χ2v) is 6.88. The molecule has 128 valence electrons. The summed E-state index contributed by atoms with van der Waals surface area (Å²) in [6.07, 6.45) is 1.27. The molecule has 2 N–H and O–H groups in total. The van der Waals surface area contributed by atoms with Crippen molar-refractivity contribution in [1.29, 1.82) is 0 Å². The topological polar surface area (TPSA) is 58.6 Å². The average molecular weight is 349 g/mol. The van der Waals surface area contributed by atoms with Gasteiger partial charge < -0.3 is 15.2 Å². The first-order chi connectivity index (χ1) is 11.7. The van der Waals surface area contributed by atoms with Crippen LogP contribution in [0.4, 0.5) is 4.39 Å². The molecule has 1 aromatic heterocycles. The van der Waals surface area contributed by atoms with Crippen LogP contribution in [-0.2, 0) is 14.9 Å². The van der Waals surface area contributed by atoms with Crippen LogP contribution in [0.5, 0.6) is 0 Å². The second kappa shape index (κ2) is 7.42. The number of halogens is 1. The van der Waals surface area contributed by atoms with Crippen LogP contribution in [0.3, 0.4) is 0 Å². The lowest BCUT2D eigenvalue weighted by Crippen LogP contribution is -2.37. The van der Waals surface area contributed by atoms with Crippen LogP contribution in [0.2, 0.25) is 0 Å². The Morgan fingerprint density at radius 1 is 1.33 bits per heavy atom. The number of nitrogens with one attached hydrogen (secondary N) is 1. The molecule has 0 radical (unpaired) electrons. The summed E-state index contributed by atoms with van der Waals surface area (Å²) < 4.78 is 18.7. The van der Waals surface area contributed by atoms with Crippen LogP contribution in [0, 0.1) is 5.82 Å². The number of carbonyl (C=O) groups is 1. The third kappa shape index (κ3) is 3.66. The van der Waals surface area contributed by atoms with E-state index in [1.165, 1.54) is 12.1 Å². The summed E-state index contributed by atoms with van der Waals surface area (Å²) >= 11 is 1.55. The third-order valence-corrected chi connectivity index (χ3v) is 5.26. The van der Waals surface area contributed by atoms with Gasteiger partial charge in [-0.25, -0.2) is 4.39 Å². The monoisotopic (exact) mass is 349 g/mol. The highest BCUT2D eigenvalue weighted by Crippen LogP contribution is 2.48. The highest BCUT2D eigenvalue weighted by Gasteiger charge is 2.51. The molecule has 2 aromatic rings. The van der Waals surface area contributed by atoms with Gasteiger partial charge in [0.05, 0.1) is 18.6 Å². The van der Waals surface area contributed by atoms with Crippen molar-refractivity contribution < 1.29 is 19.0 Å². The van der Waals surface area contributed by atoms with Crippen LogP contribution in [0.25, 0.3) is 0 Å². The number of thiophene rings is 1. The summed E-state index contributed by atoms with van der Waals surface area (Å²) in [4.78, 5) is 13.7. The molecule has 0 spiro atoms. The van der Waals surface area contributed by atoms with Crippen LogP contribution in [0.15, 0.2) is 41.8 Å². The molecule has 1 saturated carbocycles. The number of carbonyl (C=O) groups excluding carboxylic acids is 1. The van der Waals surface area contributed by atoms with Gasteiger partial charge in [0.2, 0.25) is 5.91 Å². The van der Waals surface area contributed by atoms with Crippen molar-refractivity contribution in [3.05, 3.63) is 58.0 Å². The number of hydrogen-bond donors (Lipinski definition) is 2. The Bertz CT molecular complexity index is 668. The molecule has 1 amide bonds. The summed E-state index contributed by atoms with van der Waals surface area (Å²) in [5.41, 5.74) is 0.315. The quantitative estimate of drug-likeness (QED) is 0.770. The SMILES string of the molecule is O=C(NC[C@H](OCCO)c1cccs1)C1(c2ccc(F)cc2)CC1. The lowest BCUT2D eigenvalue weighted by molar-refractivity contribution is -0.124. The molecule has 3 rings (SSSR count). The van der Waals surface area contributed by atoms with Gasteiger partial charge >= 0.3 is 0 Å². The van der Waals surface area contributed by atoms with Crippen LogP contribution >= 0.6 is 11.3 Å². The molecule has 0 bridgehead atoms. The Labute approximate surface area is 144 Å². The van der Waals surface area contributed by atoms with Gasteiger partial charge in [0.25, 0.3) is 0 Å². The van der Waals surface area contributed by atoms with E-state index in [1.54, 1.807) is 23.5 Å². The molecule has 0 saturated heterocycles. The summed E-state index contributed by atoms with van der Waals surface area (Å²) in [5.74, 6) is -0.353. The standard InChI is InChI=1S/C18H20FNO3S/c19-14-5-3-13(4-6-14)18(7-8-18)17(22)20-12-15(23-10-9-21)16-2-1-11-24-16/h1-6,11,15,21H,7-10,12H2,(H,20,22)/t15-/m0/s1. The second-order valence-electron chi connectivity index (χ2n) is 5.90. The number of hydrogen-bond acceptors (Lipinski definition) is 4. The third-order valence-electron chi connectivity index (χ3n) is 4.30. The Morgan fingerprint density at radius 2 is 2.08 bits per heavy atom. The Balaban J connectivity index is 1.64. The van der Waals surface area contributed by atoms with Gasteiger partial charge in [-0.05, 0) is 42.0 Å². The van der Waals surface area contributed by atoms with Crippen molar-refractivity contribution in [2.75, 3.05) is 19.8 Å². The van der Waals surface area contributed by atoms with Crippen LogP contribution in [-0.4, -0.2) is 30.8 Å². The fourth-order valence-electron chi connectivity index (χ4n) is 2.81. The molecule has 0 aliphatic heterocycles. The Hall–Kier alpha value is -1.76. The Kier molecular flexibility index (Phi) is 5.28. The number of aliphatic hydroxyl groups is 1. The molecule has 0 unspecified atom stereocenters. The highest BCUT2D eigenvalue weighted by molar-refractivity contribution is 7.10. The molecule has 1 aliphatic carbocycles. The van der Waals surface area contributed by atoms with Crippen molar-refractivity contribution in [2.45, 2.75) is 24.4 Å². The first-order valence-electron chi connectivity index (χ1n) is 7.96. The van der Waals surface area contributed by atoms with Gasteiger partial charge in [0.15, 0.2) is 0 Å². The van der Waals surface area contributed by atoms with Crippen molar-refractivity contribution in [3.8, 4) is 0 Å². The minimum Gasteiger partial charge on any atom is -0.394 e. The summed E-state index contributed by atoms with van der Waals surface area (Å²) in [6.45, 7) is 0.513. The minimum atomic E-state index is -0.537. The van der Waals surface area contributed by atoms with E-state index in [-0.39, 0.29) is 31.0 Å². The van der Waals surface area contributed by atoms with Crippen molar-refractivity contribution in [1.82, 2.24) is 5.32 Å². The van der Waals surface area contributed by atoms with E-state index in [0.29, 0.717) is 6.54 Å². The fraction of sp³-hybridized carbons (Fsp3) is 0.389. The summed E-state index contributed by atoms with van der Waals surface area (Å²) in [6, 6.07) is 10.0. The maximum atomic E-state index is 13.1. The number of ether oxygens (including phenoxy) is 1. The molecule has 1 aromatic carbocycles. The molecule has 1 aliphatic rings. The molecule has 1 heterocycles. The zero-order valence-electron chi connectivity index (χ0n) is 13.2. The van der Waals surface area contributed by atoms with E-state index in [0.717, 1.165) is 23.3 Å². The predicted octanol–water partition coefficient (Wildman–Crippen LogP) is 2.79. The molecular weight excluding hydrogens is 329 g/mol. The zero-order chi connectivity index (χ0) is 17.0. The number of aliphatic hydroxyl groups excluding tert-OH is 1. The largest absolute Gasteiger partial charge is 0.394 e. The summed E-state index contributed by atoms with van der Waals surface area (Å²) in [5, 5.41) is 13.9. The van der Waals surface area contributed by atoms with Crippen molar-refractivity contribution in [3.63, 3.8) is 0 Å². The van der Waals surface area contributed by atoms with Gasteiger partial charge in [-0.1, -0.05) is 18.2 Å². The Morgan fingerprint density at radius 3 is 2.67 bits per heavy atom. The molecular formula is C18H20FNO3S. The van der Waals surface area contributed by atoms with E-state index in [9.17, 15) is 9.18 Å². The van der Waals surface area contributed by atoms with Gasteiger partial charge in [0.1, 0.15) is 11.9 Å². The maximum Gasteiger partial charge on any atom is 0.230 e. The van der Waals surface area contributed by atoms with Crippen molar-refractivity contribution >= 4 is 17.2 Å². The van der Waals surface area contributed by atoms with Crippen molar-refractivity contribution in [2.24, 2.45) is 0 Å². The smallest absolute Gasteiger partial charge is 0.230 e. The summed E-state index contributed by atoms with van der Waals surface area (Å²) in [7, 11) is 0. The van der Waals surface area contributed by atoms with Gasteiger partial charge in [0, 0.05) is 11.4 Å². The van der Waals surface area contributed by atoms with E-state index >= 15 is 0 Å². The zero-order valence-corrected chi connectivity index (χ0v) is 14.0. The molecule has 1 fully saturated rings. The van der Waals surface area contributed by atoms with E-state index in [4.69, 9.17) is 9.84 Å². The molecule has 4 nitrogen and oxygen atoms in total. The number of rotatable bonds is 8. The fourth-order valence-corrected chi connectivity index (χ4v) is 3.58. The first kappa shape index (κ1) is 17.1. The number of benzene rings is 1. The molecule has 24 heavy (non-hydrogen) atoms. The molecule has 6 heteroatoms. The lowest BCUT2D eigenvalue weighted by atomic mass is 9.95. The highest BCUT2D eigenvalue weighted by atomic mass is 32.1. The van der Waals surface area contributed by atoms with Crippen LogP contribution in [0.1, 0.15) is 29.4 Å². The first-order valence-corrected chi connectivity index (χ1v) is 8.84. The van der Waals surface area contributed by atoms with E-state index < -0.39 is 5.41 Å². The number of amides is 1. The van der Waals surface area contributed by atoms with Crippen LogP contribution < -0.4 is 5.32 Å².